The van der Waals surface area contributed by atoms with Gasteiger partial charge in [-0.25, -0.2) is 0 Å². The van der Waals surface area contributed by atoms with Gasteiger partial charge in [-0.1, -0.05) is 13.8 Å². The quantitative estimate of drug-likeness (QED) is 0.727. The normalized spacial score (nSPS) is 62.4. The molecule has 1 N–H and O–H groups in total. The van der Waals surface area contributed by atoms with Crippen molar-refractivity contribution < 1.29 is 14.6 Å². The minimum Gasteiger partial charge on any atom is -0.393 e. The lowest BCUT2D eigenvalue weighted by Gasteiger charge is -2.61. The van der Waals surface area contributed by atoms with Gasteiger partial charge in [0.05, 0.1) is 6.10 Å². The minimum absolute atomic E-state index is 0.0339. The number of epoxide rings is 1. The molecule has 9 atom stereocenters. The summed E-state index contributed by atoms with van der Waals surface area (Å²) >= 11 is 0. The third kappa shape index (κ3) is 1.74. The van der Waals surface area contributed by atoms with E-state index in [4.69, 9.17) is 4.74 Å². The first-order valence-electron chi connectivity index (χ1n) is 10.6. The van der Waals surface area contributed by atoms with Crippen LogP contribution >= 0.6 is 0 Å². The van der Waals surface area contributed by atoms with Crippen LogP contribution in [0.5, 0.6) is 0 Å². The van der Waals surface area contributed by atoms with Crippen molar-refractivity contribution in [1.82, 2.24) is 0 Å². The third-order valence-corrected chi connectivity index (χ3v) is 10.0. The van der Waals surface area contributed by atoms with Crippen molar-refractivity contribution in [3.05, 3.63) is 0 Å². The summed E-state index contributed by atoms with van der Waals surface area (Å²) in [7, 11) is 0. The number of fused-ring (bicyclic) bond motifs is 7. The number of hydrogen-bond donors (Lipinski definition) is 1. The molecule has 0 aromatic rings. The fourth-order valence-corrected chi connectivity index (χ4v) is 8.85. The van der Waals surface area contributed by atoms with E-state index < -0.39 is 5.60 Å². The third-order valence-electron chi connectivity index (χ3n) is 10.0. The highest BCUT2D eigenvalue weighted by atomic mass is 16.6. The van der Waals surface area contributed by atoms with Crippen molar-refractivity contribution in [3.63, 3.8) is 0 Å². The Morgan fingerprint density at radius 3 is 2.52 bits per heavy atom. The van der Waals surface area contributed by atoms with Crippen molar-refractivity contribution in [2.45, 2.75) is 96.4 Å². The lowest BCUT2D eigenvalue weighted by Crippen LogP contribution is -2.56. The Hall–Kier alpha value is -0.410. The zero-order chi connectivity index (χ0) is 17.8. The molecule has 0 spiro atoms. The molecule has 1 aliphatic heterocycles. The van der Waals surface area contributed by atoms with Gasteiger partial charge in [-0.3, -0.25) is 4.79 Å². The molecule has 5 rings (SSSR count). The van der Waals surface area contributed by atoms with Crippen molar-refractivity contribution in [2.24, 2.45) is 34.5 Å². The highest BCUT2D eigenvalue weighted by molar-refractivity contribution is 5.91. The molecule has 4 saturated carbocycles. The van der Waals surface area contributed by atoms with E-state index in [2.05, 4.69) is 20.8 Å². The van der Waals surface area contributed by atoms with E-state index in [1.807, 2.05) is 0 Å². The molecular formula is C22H34O3. The second-order valence-electron chi connectivity index (χ2n) is 10.8. The van der Waals surface area contributed by atoms with E-state index >= 15 is 0 Å². The van der Waals surface area contributed by atoms with Crippen molar-refractivity contribution >= 4 is 5.78 Å². The number of aliphatic hydroxyl groups excluding tert-OH is 1. The second-order valence-corrected chi connectivity index (χ2v) is 10.8. The molecule has 0 radical (unpaired) electrons. The first kappa shape index (κ1) is 16.7. The van der Waals surface area contributed by atoms with Gasteiger partial charge in [-0.05, 0) is 94.3 Å². The SMILES string of the molecule is CC(=O)[C@@]12O[C@]1(C)C[C@@H]1[C@@H]3CC[C@H]4C[C@H](O)CC[C@]4(C)[C@H]3CC[C@@]12C. The lowest BCUT2D eigenvalue weighted by molar-refractivity contribution is -0.152. The molecule has 0 amide bonds. The van der Waals surface area contributed by atoms with Crippen molar-refractivity contribution in [2.75, 3.05) is 0 Å². The van der Waals surface area contributed by atoms with Gasteiger partial charge < -0.3 is 9.84 Å². The fraction of sp³-hybridized carbons (Fsp3) is 0.955. The molecule has 140 valence electrons. The largest absolute Gasteiger partial charge is 0.393 e. The molecule has 25 heavy (non-hydrogen) atoms. The van der Waals surface area contributed by atoms with E-state index in [9.17, 15) is 9.90 Å². The topological polar surface area (TPSA) is 49.8 Å². The Bertz CT molecular complexity index is 631. The molecule has 4 aliphatic carbocycles. The van der Waals surface area contributed by atoms with Gasteiger partial charge in [-0.2, -0.15) is 0 Å². The lowest BCUT2D eigenvalue weighted by atomic mass is 9.44. The maximum Gasteiger partial charge on any atom is 0.165 e. The molecule has 5 fully saturated rings. The van der Waals surface area contributed by atoms with E-state index in [-0.39, 0.29) is 22.9 Å². The average Bonchev–Trinajstić information content (AvgIpc) is 3.13. The number of rotatable bonds is 1. The summed E-state index contributed by atoms with van der Waals surface area (Å²) in [6, 6.07) is 0. The van der Waals surface area contributed by atoms with Crippen LogP contribution in [0.3, 0.4) is 0 Å². The van der Waals surface area contributed by atoms with Crippen LogP contribution in [-0.4, -0.2) is 28.2 Å². The molecule has 1 saturated heterocycles. The van der Waals surface area contributed by atoms with Crippen LogP contribution in [0, 0.1) is 34.5 Å². The summed E-state index contributed by atoms with van der Waals surface area (Å²) in [5, 5.41) is 10.2. The zero-order valence-corrected chi connectivity index (χ0v) is 16.3. The molecule has 5 aliphatic rings. The highest BCUT2D eigenvalue weighted by Crippen LogP contribution is 2.77. The van der Waals surface area contributed by atoms with Crippen molar-refractivity contribution in [1.29, 1.82) is 0 Å². The van der Waals surface area contributed by atoms with Crippen molar-refractivity contribution in [3.8, 4) is 0 Å². The van der Waals surface area contributed by atoms with E-state index in [0.717, 1.165) is 37.5 Å². The van der Waals surface area contributed by atoms with E-state index in [1.54, 1.807) is 6.92 Å². The minimum atomic E-state index is -0.490. The van der Waals surface area contributed by atoms with Crippen LogP contribution in [0.15, 0.2) is 0 Å². The number of ether oxygens (including phenoxy) is 1. The monoisotopic (exact) mass is 346 g/mol. The number of Topliss-reactive ketones (excluding diaryl/α,β-unsaturated/α-hetero) is 1. The van der Waals surface area contributed by atoms with Crippen LogP contribution in [0.25, 0.3) is 0 Å². The molecule has 0 bridgehead atoms. The summed E-state index contributed by atoms with van der Waals surface area (Å²) in [6.45, 7) is 8.84. The van der Waals surface area contributed by atoms with Crippen LogP contribution in [-0.2, 0) is 9.53 Å². The molecule has 3 nitrogen and oxygen atoms in total. The molecule has 1 heterocycles. The predicted octanol–water partition coefficient (Wildman–Crippen LogP) is 4.12. The maximum atomic E-state index is 12.6. The van der Waals surface area contributed by atoms with Gasteiger partial charge in [0, 0.05) is 5.41 Å². The Kier molecular flexibility index (Phi) is 3.15. The molecule has 3 heteroatoms. The number of hydrogen-bond acceptors (Lipinski definition) is 3. The predicted molar refractivity (Wildman–Crippen MR) is 96.0 cm³/mol. The summed E-state index contributed by atoms with van der Waals surface area (Å²) in [5.74, 6) is 3.13. The van der Waals surface area contributed by atoms with Gasteiger partial charge in [0.25, 0.3) is 0 Å². The number of aliphatic hydroxyl groups is 1. The van der Waals surface area contributed by atoms with Gasteiger partial charge in [0.15, 0.2) is 11.4 Å². The maximum absolute atomic E-state index is 12.6. The number of carbonyl (C=O) groups excluding carboxylic acids is 1. The van der Waals surface area contributed by atoms with Gasteiger partial charge in [0.2, 0.25) is 0 Å². The first-order valence-corrected chi connectivity index (χ1v) is 10.6. The summed E-state index contributed by atoms with van der Waals surface area (Å²) < 4.78 is 6.20. The number of carbonyl (C=O) groups is 1. The summed E-state index contributed by atoms with van der Waals surface area (Å²) in [6.07, 6.45) is 9.14. The van der Waals surface area contributed by atoms with E-state index in [1.165, 1.54) is 25.7 Å². The molecule has 0 unspecified atom stereocenters. The Morgan fingerprint density at radius 2 is 1.80 bits per heavy atom. The number of ketones is 1. The van der Waals surface area contributed by atoms with Crippen LogP contribution in [0.4, 0.5) is 0 Å². The van der Waals surface area contributed by atoms with Gasteiger partial charge in [-0.15, -0.1) is 0 Å². The van der Waals surface area contributed by atoms with Crippen LogP contribution in [0.1, 0.15) is 79.1 Å². The summed E-state index contributed by atoms with van der Waals surface area (Å²) in [5.41, 5.74) is -0.253. The Morgan fingerprint density at radius 1 is 1.04 bits per heavy atom. The summed E-state index contributed by atoms with van der Waals surface area (Å²) in [4.78, 5) is 12.6. The highest BCUT2D eigenvalue weighted by Gasteiger charge is 2.85. The standard InChI is InChI=1S/C22H34O3/c1-13(23)22-20(3)10-8-17-16(18(20)12-21(22,4)25-22)6-5-14-11-15(24)7-9-19(14,17)2/h14-18,24H,5-12H2,1-4H3/t14-,15+,16+,17-,18+,19-,20-,21+,22-/m0/s1. The molecule has 0 aromatic carbocycles. The van der Waals surface area contributed by atoms with Gasteiger partial charge >= 0.3 is 0 Å². The average molecular weight is 347 g/mol. The molecular weight excluding hydrogens is 312 g/mol. The fourth-order valence-electron chi connectivity index (χ4n) is 8.85. The Balaban J connectivity index is 1.49. The molecule has 0 aromatic heterocycles. The van der Waals surface area contributed by atoms with E-state index in [0.29, 0.717) is 17.3 Å². The van der Waals surface area contributed by atoms with Crippen LogP contribution in [0.2, 0.25) is 0 Å². The first-order chi connectivity index (χ1) is 11.7. The van der Waals surface area contributed by atoms with Gasteiger partial charge in [0.1, 0.15) is 5.60 Å². The second kappa shape index (κ2) is 4.70. The zero-order valence-electron chi connectivity index (χ0n) is 16.3. The van der Waals surface area contributed by atoms with Crippen LogP contribution < -0.4 is 0 Å². The smallest absolute Gasteiger partial charge is 0.165 e. The Labute approximate surface area is 151 Å².